The molecule has 0 aliphatic carbocycles. The van der Waals surface area contributed by atoms with Crippen molar-refractivity contribution in [3.63, 3.8) is 0 Å². The number of carboxylic acids is 1. The number of pyridine rings is 1. The van der Waals surface area contributed by atoms with Gasteiger partial charge in [-0.05, 0) is 22.0 Å². The van der Waals surface area contributed by atoms with Gasteiger partial charge in [0.1, 0.15) is 0 Å². The number of aryl methyl sites for hydroxylation is 1. The van der Waals surface area contributed by atoms with Crippen molar-refractivity contribution < 1.29 is 9.90 Å². The molecule has 0 unspecified atom stereocenters. The summed E-state index contributed by atoms with van der Waals surface area (Å²) in [5.74, 6) is -1.05. The molecule has 0 saturated heterocycles. The van der Waals surface area contributed by atoms with Crippen LogP contribution in [-0.4, -0.2) is 25.8 Å². The van der Waals surface area contributed by atoms with E-state index in [0.29, 0.717) is 11.0 Å². The zero-order valence-electron chi connectivity index (χ0n) is 7.23. The Morgan fingerprint density at radius 3 is 3.00 bits per heavy atom. The van der Waals surface area contributed by atoms with Crippen molar-refractivity contribution >= 4 is 32.9 Å². The minimum Gasteiger partial charge on any atom is -0.476 e. The molecule has 0 radical (unpaired) electrons. The highest BCUT2D eigenvalue weighted by atomic mass is 79.9. The molecule has 2 heterocycles. The third-order valence-electron chi connectivity index (χ3n) is 1.85. The second-order valence-corrected chi connectivity index (χ2v) is 3.72. The summed E-state index contributed by atoms with van der Waals surface area (Å²) in [4.78, 5) is 14.9. The van der Waals surface area contributed by atoms with E-state index in [4.69, 9.17) is 5.11 Å². The molecule has 0 fully saturated rings. The molecular formula is C8H6BrN3O2. The first-order chi connectivity index (χ1) is 6.59. The number of nitrogens with zero attached hydrogens (tertiary/aromatic N) is 3. The molecule has 0 bridgehead atoms. The molecule has 0 atom stereocenters. The fraction of sp³-hybridized carbons (Fsp3) is 0.125. The Morgan fingerprint density at radius 2 is 2.36 bits per heavy atom. The Hall–Kier alpha value is -1.43. The van der Waals surface area contributed by atoms with Crippen LogP contribution in [0.1, 0.15) is 10.5 Å². The topological polar surface area (TPSA) is 68.0 Å². The summed E-state index contributed by atoms with van der Waals surface area (Å²) in [7, 11) is 1.66. The fourth-order valence-corrected chi connectivity index (χ4v) is 1.60. The molecule has 0 aromatic carbocycles. The van der Waals surface area contributed by atoms with E-state index in [9.17, 15) is 4.79 Å². The maximum atomic E-state index is 10.8. The summed E-state index contributed by atoms with van der Waals surface area (Å²) >= 11 is 3.23. The van der Waals surface area contributed by atoms with Crippen LogP contribution in [0.25, 0.3) is 11.0 Å². The lowest BCUT2D eigenvalue weighted by molar-refractivity contribution is 0.0691. The van der Waals surface area contributed by atoms with Crippen LogP contribution in [0.2, 0.25) is 0 Å². The molecular weight excluding hydrogens is 250 g/mol. The molecule has 2 rings (SSSR count). The number of rotatable bonds is 1. The van der Waals surface area contributed by atoms with Crippen LogP contribution >= 0.6 is 15.9 Å². The Kier molecular flexibility index (Phi) is 1.99. The maximum absolute atomic E-state index is 10.8. The lowest BCUT2D eigenvalue weighted by Gasteiger charge is -1.92. The van der Waals surface area contributed by atoms with Crippen molar-refractivity contribution in [1.82, 2.24) is 14.8 Å². The van der Waals surface area contributed by atoms with E-state index >= 15 is 0 Å². The predicted octanol–water partition coefficient (Wildman–Crippen LogP) is 1.43. The van der Waals surface area contributed by atoms with Gasteiger partial charge in [0.25, 0.3) is 0 Å². The lowest BCUT2D eigenvalue weighted by atomic mass is 10.3. The monoisotopic (exact) mass is 255 g/mol. The molecule has 6 heteroatoms. The highest BCUT2D eigenvalue weighted by Crippen LogP contribution is 2.19. The van der Waals surface area contributed by atoms with Crippen molar-refractivity contribution in [2.45, 2.75) is 0 Å². The van der Waals surface area contributed by atoms with E-state index in [2.05, 4.69) is 26.0 Å². The zero-order valence-corrected chi connectivity index (χ0v) is 8.82. The first kappa shape index (κ1) is 9.14. The van der Waals surface area contributed by atoms with E-state index in [1.807, 2.05) is 0 Å². The van der Waals surface area contributed by atoms with Gasteiger partial charge in [0.05, 0.1) is 5.39 Å². The number of carbonyl (C=O) groups is 1. The van der Waals surface area contributed by atoms with E-state index in [1.54, 1.807) is 19.3 Å². The maximum Gasteiger partial charge on any atom is 0.357 e. The van der Waals surface area contributed by atoms with Crippen LogP contribution in [0.5, 0.6) is 0 Å². The Morgan fingerprint density at radius 1 is 1.64 bits per heavy atom. The number of aromatic carboxylic acids is 1. The van der Waals surface area contributed by atoms with E-state index in [1.165, 1.54) is 4.68 Å². The Labute approximate surface area is 87.5 Å². The SMILES string of the molecule is Cn1nc(C(=O)O)c2cc(Br)cnc21. The van der Waals surface area contributed by atoms with Crippen molar-refractivity contribution in [3.05, 3.63) is 22.4 Å². The molecule has 2 aromatic heterocycles. The smallest absolute Gasteiger partial charge is 0.357 e. The van der Waals surface area contributed by atoms with Gasteiger partial charge in [-0.25, -0.2) is 14.5 Å². The van der Waals surface area contributed by atoms with Crippen LogP contribution in [0.15, 0.2) is 16.7 Å². The highest BCUT2D eigenvalue weighted by molar-refractivity contribution is 9.10. The van der Waals surface area contributed by atoms with Gasteiger partial charge in [-0.15, -0.1) is 0 Å². The number of aromatic nitrogens is 3. The van der Waals surface area contributed by atoms with Gasteiger partial charge in [-0.3, -0.25) is 0 Å². The van der Waals surface area contributed by atoms with Crippen LogP contribution in [-0.2, 0) is 7.05 Å². The summed E-state index contributed by atoms with van der Waals surface area (Å²) in [5.41, 5.74) is 0.585. The van der Waals surface area contributed by atoms with Crippen molar-refractivity contribution in [2.24, 2.45) is 7.05 Å². The van der Waals surface area contributed by atoms with E-state index in [-0.39, 0.29) is 5.69 Å². The molecule has 0 aliphatic rings. The average molecular weight is 256 g/mol. The number of hydrogen-bond donors (Lipinski definition) is 1. The van der Waals surface area contributed by atoms with E-state index in [0.717, 1.165) is 4.47 Å². The zero-order chi connectivity index (χ0) is 10.3. The van der Waals surface area contributed by atoms with Gasteiger partial charge in [-0.1, -0.05) is 0 Å². The Bertz CT molecular complexity index is 521. The van der Waals surface area contributed by atoms with Crippen molar-refractivity contribution in [3.8, 4) is 0 Å². The highest BCUT2D eigenvalue weighted by Gasteiger charge is 2.15. The van der Waals surface area contributed by atoms with Crippen LogP contribution in [0.3, 0.4) is 0 Å². The van der Waals surface area contributed by atoms with E-state index < -0.39 is 5.97 Å². The summed E-state index contributed by atoms with van der Waals surface area (Å²) < 4.78 is 2.19. The number of carboxylic acid groups (broad SMARTS) is 1. The summed E-state index contributed by atoms with van der Waals surface area (Å²) in [6.45, 7) is 0. The third-order valence-corrected chi connectivity index (χ3v) is 2.28. The summed E-state index contributed by atoms with van der Waals surface area (Å²) in [6, 6.07) is 1.69. The molecule has 14 heavy (non-hydrogen) atoms. The quantitative estimate of drug-likeness (QED) is 0.837. The number of fused-ring (bicyclic) bond motifs is 1. The molecule has 72 valence electrons. The van der Waals surface area contributed by atoms with Gasteiger partial charge >= 0.3 is 5.97 Å². The number of hydrogen-bond acceptors (Lipinski definition) is 3. The second kappa shape index (κ2) is 3.06. The normalized spacial score (nSPS) is 10.7. The first-order valence-corrected chi connectivity index (χ1v) is 4.60. The fourth-order valence-electron chi connectivity index (χ4n) is 1.27. The van der Waals surface area contributed by atoms with Gasteiger partial charge in [0.2, 0.25) is 0 Å². The lowest BCUT2D eigenvalue weighted by Crippen LogP contribution is -1.99. The van der Waals surface area contributed by atoms with Gasteiger partial charge in [0, 0.05) is 17.7 Å². The molecule has 1 N–H and O–H groups in total. The molecule has 2 aromatic rings. The van der Waals surface area contributed by atoms with Gasteiger partial charge in [-0.2, -0.15) is 5.10 Å². The Balaban J connectivity index is 2.85. The van der Waals surface area contributed by atoms with Gasteiger partial charge in [0.15, 0.2) is 11.3 Å². The van der Waals surface area contributed by atoms with Crippen LogP contribution in [0.4, 0.5) is 0 Å². The minimum absolute atomic E-state index is 0.0244. The number of halogens is 1. The first-order valence-electron chi connectivity index (χ1n) is 3.81. The van der Waals surface area contributed by atoms with Crippen LogP contribution in [0, 0.1) is 0 Å². The standard InChI is InChI=1S/C8H6BrN3O2/c1-12-7-5(2-4(9)3-10-7)6(11-12)8(13)14/h2-3H,1H3,(H,13,14). The molecule has 0 saturated carbocycles. The molecule has 5 nitrogen and oxygen atoms in total. The predicted molar refractivity (Wildman–Crippen MR) is 53.2 cm³/mol. The average Bonchev–Trinajstić information content (AvgIpc) is 2.43. The largest absolute Gasteiger partial charge is 0.476 e. The van der Waals surface area contributed by atoms with Crippen LogP contribution < -0.4 is 0 Å². The third kappa shape index (κ3) is 1.27. The minimum atomic E-state index is -1.05. The molecule has 0 aliphatic heterocycles. The summed E-state index contributed by atoms with van der Waals surface area (Å²) in [5, 5.41) is 13.3. The van der Waals surface area contributed by atoms with Gasteiger partial charge < -0.3 is 5.11 Å². The van der Waals surface area contributed by atoms with Crippen molar-refractivity contribution in [1.29, 1.82) is 0 Å². The molecule has 0 spiro atoms. The molecule has 0 amide bonds. The van der Waals surface area contributed by atoms with Crippen molar-refractivity contribution in [2.75, 3.05) is 0 Å². The summed E-state index contributed by atoms with van der Waals surface area (Å²) in [6.07, 6.45) is 1.61. The second-order valence-electron chi connectivity index (χ2n) is 2.80.